The third kappa shape index (κ3) is 4.42. The number of nitrogens with zero attached hydrogens (tertiary/aromatic N) is 8. The Labute approximate surface area is 202 Å². The van der Waals surface area contributed by atoms with Crippen LogP contribution in [0.4, 0.5) is 0 Å². The highest BCUT2D eigenvalue weighted by molar-refractivity contribution is 5.69. The molecule has 5 aromatic rings. The number of pyridine rings is 1. The number of hydrogen-bond acceptors (Lipinski definition) is 6. The van der Waals surface area contributed by atoms with Crippen molar-refractivity contribution in [1.29, 1.82) is 0 Å². The number of hydrogen-bond donors (Lipinski definition) is 1. The van der Waals surface area contributed by atoms with Crippen LogP contribution in [0.1, 0.15) is 37.9 Å². The van der Waals surface area contributed by atoms with Crippen LogP contribution in [0.25, 0.3) is 28.5 Å². The molecule has 0 atom stereocenters. The molecular formula is C25H27N9O. The van der Waals surface area contributed by atoms with E-state index in [-0.39, 0.29) is 5.69 Å². The normalized spacial score (nSPS) is 11.3. The summed E-state index contributed by atoms with van der Waals surface area (Å²) in [6, 6.07) is 9.99. The second-order valence-corrected chi connectivity index (χ2v) is 8.34. The van der Waals surface area contributed by atoms with Gasteiger partial charge in [0.2, 0.25) is 5.95 Å². The van der Waals surface area contributed by atoms with Gasteiger partial charge in [0.05, 0.1) is 6.54 Å². The zero-order valence-corrected chi connectivity index (χ0v) is 19.8. The molecule has 4 heterocycles. The fraction of sp³-hybridized carbons (Fsp3) is 0.280. The van der Waals surface area contributed by atoms with Crippen LogP contribution < -0.4 is 5.69 Å². The lowest BCUT2D eigenvalue weighted by Gasteiger charge is -2.12. The van der Waals surface area contributed by atoms with E-state index in [4.69, 9.17) is 0 Å². The lowest BCUT2D eigenvalue weighted by atomic mass is 10.00. The molecule has 0 aliphatic rings. The van der Waals surface area contributed by atoms with Gasteiger partial charge in [-0.15, -0.1) is 5.10 Å². The topological polar surface area (TPSA) is 112 Å². The van der Waals surface area contributed by atoms with Gasteiger partial charge >= 0.3 is 5.69 Å². The molecule has 1 N–H and O–H groups in total. The summed E-state index contributed by atoms with van der Waals surface area (Å²) in [5.74, 6) is 1.25. The fourth-order valence-electron chi connectivity index (χ4n) is 4.26. The van der Waals surface area contributed by atoms with Crippen molar-refractivity contribution in [2.45, 2.75) is 46.2 Å². The van der Waals surface area contributed by atoms with E-state index in [1.165, 1.54) is 0 Å². The molecule has 0 saturated heterocycles. The molecule has 4 aromatic heterocycles. The average molecular weight is 470 g/mol. The number of aromatic amines is 1. The SMILES string of the molecule is CCCCc1cn(-c2nccn2CC)c(=O)n1Cc1cnccc1-c1ccc(-c2nnn[nH]2)cc1. The smallest absolute Gasteiger partial charge is 0.317 e. The Morgan fingerprint density at radius 3 is 2.60 bits per heavy atom. The molecule has 0 unspecified atom stereocenters. The molecule has 0 spiro atoms. The van der Waals surface area contributed by atoms with Crippen LogP contribution in [0, 0.1) is 0 Å². The van der Waals surface area contributed by atoms with Crippen LogP contribution in [-0.4, -0.2) is 44.3 Å². The summed E-state index contributed by atoms with van der Waals surface area (Å²) in [6.45, 7) is 5.36. The van der Waals surface area contributed by atoms with Crippen molar-refractivity contribution in [3.8, 4) is 28.5 Å². The van der Waals surface area contributed by atoms with Crippen LogP contribution >= 0.6 is 0 Å². The Morgan fingerprint density at radius 2 is 1.86 bits per heavy atom. The van der Waals surface area contributed by atoms with E-state index in [2.05, 4.69) is 37.5 Å². The van der Waals surface area contributed by atoms with Crippen molar-refractivity contribution in [3.05, 3.63) is 83.1 Å². The van der Waals surface area contributed by atoms with Crippen molar-refractivity contribution in [2.75, 3.05) is 0 Å². The number of H-pyrrole nitrogens is 1. The summed E-state index contributed by atoms with van der Waals surface area (Å²) >= 11 is 0. The molecule has 0 radical (unpaired) electrons. The van der Waals surface area contributed by atoms with E-state index in [0.29, 0.717) is 18.3 Å². The summed E-state index contributed by atoms with van der Waals surface area (Å²) in [6.07, 6.45) is 12.0. The molecule has 35 heavy (non-hydrogen) atoms. The number of unbranched alkanes of at least 4 members (excludes halogenated alkanes) is 1. The minimum Gasteiger partial charge on any atom is -0.317 e. The first-order chi connectivity index (χ1) is 17.2. The average Bonchev–Trinajstić information content (AvgIpc) is 3.65. The van der Waals surface area contributed by atoms with E-state index >= 15 is 0 Å². The molecule has 1 aromatic carbocycles. The Kier molecular flexibility index (Phi) is 6.34. The van der Waals surface area contributed by atoms with Crippen molar-refractivity contribution in [3.63, 3.8) is 0 Å². The molecule has 0 amide bonds. The van der Waals surface area contributed by atoms with Crippen LogP contribution in [0.2, 0.25) is 0 Å². The fourth-order valence-corrected chi connectivity index (χ4v) is 4.26. The summed E-state index contributed by atoms with van der Waals surface area (Å²) in [5, 5.41) is 14.0. The highest BCUT2D eigenvalue weighted by Gasteiger charge is 2.17. The number of aromatic nitrogens is 9. The molecule has 0 saturated carbocycles. The van der Waals surface area contributed by atoms with Gasteiger partial charge in [-0.25, -0.2) is 19.4 Å². The standard InChI is InChI=1S/C25H27N9O/c1-3-5-6-21-17-34(24-27-13-14-32(24)4-2)25(35)33(21)16-20-15-26-12-11-22(20)18-7-9-19(10-8-18)23-28-30-31-29-23/h7-15,17H,3-6,16H2,1-2H3,(H,28,29,30,31). The van der Waals surface area contributed by atoms with Gasteiger partial charge < -0.3 is 4.57 Å². The maximum Gasteiger partial charge on any atom is 0.335 e. The van der Waals surface area contributed by atoms with Gasteiger partial charge in [0.1, 0.15) is 0 Å². The molecule has 10 heteroatoms. The van der Waals surface area contributed by atoms with Gasteiger partial charge in [-0.3, -0.25) is 9.55 Å². The minimum absolute atomic E-state index is 0.0972. The Hall–Kier alpha value is -4.34. The molecule has 0 aliphatic heterocycles. The van der Waals surface area contributed by atoms with Gasteiger partial charge in [0, 0.05) is 48.8 Å². The first kappa shape index (κ1) is 22.5. The monoisotopic (exact) mass is 469 g/mol. The first-order valence-electron chi connectivity index (χ1n) is 11.8. The van der Waals surface area contributed by atoms with Crippen molar-refractivity contribution < 1.29 is 0 Å². The zero-order valence-electron chi connectivity index (χ0n) is 19.8. The predicted octanol–water partition coefficient (Wildman–Crippen LogP) is 3.49. The van der Waals surface area contributed by atoms with Gasteiger partial charge in [0.25, 0.3) is 0 Å². The van der Waals surface area contributed by atoms with Crippen molar-refractivity contribution in [2.24, 2.45) is 0 Å². The third-order valence-corrected chi connectivity index (χ3v) is 6.14. The minimum atomic E-state index is -0.0972. The largest absolute Gasteiger partial charge is 0.335 e. The molecule has 10 nitrogen and oxygen atoms in total. The third-order valence-electron chi connectivity index (χ3n) is 6.14. The molecule has 5 rings (SSSR count). The van der Waals surface area contributed by atoms with Crippen molar-refractivity contribution in [1.82, 2.24) is 44.3 Å². The number of nitrogens with one attached hydrogen (secondary N) is 1. The van der Waals surface area contributed by atoms with E-state index in [1.807, 2.05) is 65.0 Å². The van der Waals surface area contributed by atoms with Crippen LogP contribution in [0.3, 0.4) is 0 Å². The zero-order chi connectivity index (χ0) is 24.2. The molecule has 0 fully saturated rings. The second-order valence-electron chi connectivity index (χ2n) is 8.34. The number of tetrazole rings is 1. The van der Waals surface area contributed by atoms with Gasteiger partial charge in [-0.2, -0.15) is 0 Å². The van der Waals surface area contributed by atoms with E-state index in [9.17, 15) is 4.79 Å². The highest BCUT2D eigenvalue weighted by Crippen LogP contribution is 2.26. The lowest BCUT2D eigenvalue weighted by Crippen LogP contribution is -2.26. The number of aryl methyl sites for hydroxylation is 2. The Morgan fingerprint density at radius 1 is 1.03 bits per heavy atom. The van der Waals surface area contributed by atoms with Crippen LogP contribution in [0.15, 0.2) is 66.1 Å². The highest BCUT2D eigenvalue weighted by atomic mass is 16.1. The number of benzene rings is 1. The van der Waals surface area contributed by atoms with Gasteiger partial charge in [-0.1, -0.05) is 37.6 Å². The van der Waals surface area contributed by atoms with Crippen LogP contribution in [-0.2, 0) is 19.5 Å². The number of imidazole rings is 2. The summed E-state index contributed by atoms with van der Waals surface area (Å²) in [4.78, 5) is 22.4. The van der Waals surface area contributed by atoms with Gasteiger partial charge in [0.15, 0.2) is 5.82 Å². The molecular weight excluding hydrogens is 442 g/mol. The molecule has 0 aliphatic carbocycles. The number of rotatable bonds is 9. The predicted molar refractivity (Wildman–Crippen MR) is 132 cm³/mol. The van der Waals surface area contributed by atoms with E-state index in [1.54, 1.807) is 17.0 Å². The summed E-state index contributed by atoms with van der Waals surface area (Å²) in [5.41, 5.74) is 4.82. The maximum atomic E-state index is 13.6. The maximum absolute atomic E-state index is 13.6. The summed E-state index contributed by atoms with van der Waals surface area (Å²) in [7, 11) is 0. The van der Waals surface area contributed by atoms with E-state index in [0.717, 1.165) is 53.8 Å². The van der Waals surface area contributed by atoms with Gasteiger partial charge in [-0.05, 0) is 52.9 Å². The Balaban J connectivity index is 1.53. The summed E-state index contributed by atoms with van der Waals surface area (Å²) < 4.78 is 5.47. The molecule has 178 valence electrons. The Bertz CT molecular complexity index is 1460. The van der Waals surface area contributed by atoms with Crippen molar-refractivity contribution >= 4 is 0 Å². The van der Waals surface area contributed by atoms with E-state index < -0.39 is 0 Å². The quantitative estimate of drug-likeness (QED) is 0.354. The molecule has 0 bridgehead atoms. The van der Waals surface area contributed by atoms with Crippen LogP contribution in [0.5, 0.6) is 0 Å². The first-order valence-corrected chi connectivity index (χ1v) is 11.8. The second kappa shape index (κ2) is 9.88. The lowest BCUT2D eigenvalue weighted by molar-refractivity contribution is 0.660.